The van der Waals surface area contributed by atoms with Gasteiger partial charge in [0, 0.05) is 30.4 Å². The van der Waals surface area contributed by atoms with E-state index >= 15 is 0 Å². The molecule has 5 heterocycles. The summed E-state index contributed by atoms with van der Waals surface area (Å²) in [6.07, 6.45) is -4.95. The molecule has 2 radical (unpaired) electrons. The Balaban J connectivity index is 1.02. The zero-order valence-electron chi connectivity index (χ0n) is 25.4. The number of aliphatic hydroxyl groups excluding tert-OH is 3. The molecule has 0 aliphatic carbocycles. The summed E-state index contributed by atoms with van der Waals surface area (Å²) in [5, 5.41) is 40.6. The number of nitrogens with one attached hydrogen (secondary N) is 1. The van der Waals surface area contributed by atoms with Gasteiger partial charge in [0.2, 0.25) is 5.91 Å². The molecule has 46 heavy (non-hydrogen) atoms. The zero-order chi connectivity index (χ0) is 32.8. The molecule has 0 bridgehead atoms. The number of ether oxygens (including phenoxy) is 5. The minimum atomic E-state index is -3.84. The second-order valence-electron chi connectivity index (χ2n) is 11.3. The molecule has 4 N–H and O–H groups in total. The minimum Gasteiger partial charge on any atom is -0.394 e. The van der Waals surface area contributed by atoms with Gasteiger partial charge in [-0.3, -0.25) is 18.4 Å². The molecule has 1 aromatic heterocycles. The highest BCUT2D eigenvalue weighted by Crippen LogP contribution is 2.58. The average molecular weight is 711 g/mol. The van der Waals surface area contributed by atoms with Crippen LogP contribution in [0.15, 0.2) is 6.20 Å². The van der Waals surface area contributed by atoms with Crippen molar-refractivity contribution in [3.05, 3.63) is 11.9 Å². The SMILES string of the molecule is [B]C1OC2COP(=O)(OC3CSSCC3OCc3cn(CCOCCOC4OC(CO)C(O)C(O)C4NC(C)=O)nn3)OC2C1C. The molecule has 5 rings (SSSR count). The highest BCUT2D eigenvalue weighted by Gasteiger charge is 2.51. The summed E-state index contributed by atoms with van der Waals surface area (Å²) in [5.41, 5.74) is 0.591. The van der Waals surface area contributed by atoms with Crippen molar-refractivity contribution >= 4 is 43.2 Å². The first-order valence-corrected chi connectivity index (χ1v) is 18.9. The number of carbonyl (C=O) groups is 1. The van der Waals surface area contributed by atoms with E-state index in [1.54, 1.807) is 32.5 Å². The summed E-state index contributed by atoms with van der Waals surface area (Å²) in [6.45, 7) is 3.75. The second kappa shape index (κ2) is 16.7. The van der Waals surface area contributed by atoms with Crippen molar-refractivity contribution in [2.45, 2.75) is 88.1 Å². The third-order valence-corrected chi connectivity index (χ3v) is 11.8. The van der Waals surface area contributed by atoms with Gasteiger partial charge >= 0.3 is 7.82 Å². The Morgan fingerprint density at radius 1 is 1.17 bits per heavy atom. The van der Waals surface area contributed by atoms with E-state index in [1.165, 1.54) is 6.92 Å². The van der Waals surface area contributed by atoms with Crippen LogP contribution in [0.5, 0.6) is 0 Å². The maximum atomic E-state index is 13.3. The van der Waals surface area contributed by atoms with Gasteiger partial charge in [0.05, 0.1) is 58.5 Å². The lowest BCUT2D eigenvalue weighted by Gasteiger charge is -2.42. The first-order valence-electron chi connectivity index (χ1n) is 14.9. The van der Waals surface area contributed by atoms with E-state index in [0.29, 0.717) is 23.7 Å². The number of amides is 1. The van der Waals surface area contributed by atoms with Crippen LogP contribution in [-0.4, -0.2) is 150 Å². The number of rotatable bonds is 14. The van der Waals surface area contributed by atoms with Gasteiger partial charge in [0.15, 0.2) is 6.29 Å². The number of hydrogen-bond donors (Lipinski definition) is 4. The number of phosphoric acid groups is 1. The van der Waals surface area contributed by atoms with Gasteiger partial charge in [-0.25, -0.2) is 9.25 Å². The molecule has 1 amide bonds. The highest BCUT2D eigenvalue weighted by molar-refractivity contribution is 8.76. The van der Waals surface area contributed by atoms with Gasteiger partial charge in [0.25, 0.3) is 0 Å². The Hall–Kier alpha value is -0.835. The fourth-order valence-corrected chi connectivity index (χ4v) is 9.50. The number of hydrogen-bond acceptors (Lipinski definition) is 17. The Kier molecular flexibility index (Phi) is 13.2. The molecule has 1 aromatic rings. The number of aromatic nitrogens is 3. The van der Waals surface area contributed by atoms with Crippen molar-refractivity contribution in [1.29, 1.82) is 0 Å². The van der Waals surface area contributed by atoms with Crippen molar-refractivity contribution in [1.82, 2.24) is 20.3 Å². The number of aliphatic hydroxyl groups is 3. The molecular weight excluding hydrogens is 670 g/mol. The minimum absolute atomic E-state index is 0.0592. The molecule has 4 fully saturated rings. The molecule has 258 valence electrons. The molecule has 17 nitrogen and oxygen atoms in total. The molecule has 4 aliphatic heterocycles. The molecule has 0 aromatic carbocycles. The maximum Gasteiger partial charge on any atom is 0.475 e. The number of nitrogens with zero attached hydrogens (tertiary/aromatic N) is 3. The summed E-state index contributed by atoms with van der Waals surface area (Å²) >= 11 is 0. The molecule has 4 saturated heterocycles. The lowest BCUT2D eigenvalue weighted by molar-refractivity contribution is -0.272. The fraction of sp³-hybridized carbons (Fsp3) is 0.880. The smallest absolute Gasteiger partial charge is 0.394 e. The van der Waals surface area contributed by atoms with Crippen molar-refractivity contribution in [2.24, 2.45) is 5.92 Å². The maximum absolute atomic E-state index is 13.3. The van der Waals surface area contributed by atoms with E-state index < -0.39 is 69.2 Å². The highest BCUT2D eigenvalue weighted by atomic mass is 33.1. The number of fused-ring (bicyclic) bond motifs is 1. The van der Waals surface area contributed by atoms with Crippen LogP contribution >= 0.6 is 29.4 Å². The van der Waals surface area contributed by atoms with E-state index in [0.717, 1.165) is 0 Å². The third kappa shape index (κ3) is 9.23. The standard InChI is InChI=1S/C25H40BN4O13PS2/c1-13-23-17(40-24(13)26)10-39-44(35,43-23)42-19-12-46-45-11-18(19)38-9-15-7-30(29-28-15)3-4-36-5-6-37-25-20(27-14(2)32)22(34)21(33)16(8-31)41-25/h7,13,16-25,31,33-34H,3-6,8-12H2,1-2H3,(H,27,32). The van der Waals surface area contributed by atoms with Crippen LogP contribution in [0.2, 0.25) is 0 Å². The van der Waals surface area contributed by atoms with E-state index in [-0.39, 0.29) is 51.2 Å². The third-order valence-electron chi connectivity index (χ3n) is 7.87. The Bertz CT molecular complexity index is 1190. The normalized spacial score (nSPS) is 39.6. The van der Waals surface area contributed by atoms with Crippen LogP contribution in [0.1, 0.15) is 19.5 Å². The molecule has 4 aliphatic rings. The summed E-state index contributed by atoms with van der Waals surface area (Å²) < 4.78 is 60.6. The predicted octanol–water partition coefficient (Wildman–Crippen LogP) is -1.03. The van der Waals surface area contributed by atoms with E-state index in [9.17, 15) is 24.7 Å². The molecular formula is C25H40BN4O13PS2. The van der Waals surface area contributed by atoms with Gasteiger partial charge in [-0.2, -0.15) is 0 Å². The van der Waals surface area contributed by atoms with Crippen molar-refractivity contribution in [3.8, 4) is 0 Å². The quantitative estimate of drug-likeness (QED) is 0.0787. The first-order chi connectivity index (χ1) is 22.1. The van der Waals surface area contributed by atoms with Gasteiger partial charge in [-0.15, -0.1) is 5.10 Å². The zero-order valence-corrected chi connectivity index (χ0v) is 27.9. The summed E-state index contributed by atoms with van der Waals surface area (Å²) in [5.74, 6) is 0.550. The molecule has 0 saturated carbocycles. The monoisotopic (exact) mass is 710 g/mol. The largest absolute Gasteiger partial charge is 0.475 e. The van der Waals surface area contributed by atoms with Gasteiger partial charge in [-0.1, -0.05) is 33.7 Å². The number of phosphoric ester groups is 1. The second-order valence-corrected chi connectivity index (χ2v) is 15.4. The van der Waals surface area contributed by atoms with Crippen LogP contribution < -0.4 is 5.32 Å². The molecule has 12 unspecified atom stereocenters. The Morgan fingerprint density at radius 2 is 1.96 bits per heavy atom. The van der Waals surface area contributed by atoms with E-state index in [4.69, 9.17) is 45.1 Å². The van der Waals surface area contributed by atoms with E-state index in [1.807, 2.05) is 6.92 Å². The van der Waals surface area contributed by atoms with Crippen molar-refractivity contribution in [2.75, 3.05) is 44.5 Å². The summed E-state index contributed by atoms with van der Waals surface area (Å²) in [7, 11) is 5.34. The average Bonchev–Trinajstić information content (AvgIpc) is 3.60. The topological polar surface area (TPSA) is 211 Å². The van der Waals surface area contributed by atoms with Crippen LogP contribution in [0.3, 0.4) is 0 Å². The lowest BCUT2D eigenvalue weighted by atomic mass is 9.86. The van der Waals surface area contributed by atoms with Crippen LogP contribution in [-0.2, 0) is 59.8 Å². The lowest BCUT2D eigenvalue weighted by Crippen LogP contribution is -2.64. The van der Waals surface area contributed by atoms with Crippen molar-refractivity contribution < 1.29 is 61.9 Å². The molecule has 21 heteroatoms. The summed E-state index contributed by atoms with van der Waals surface area (Å²) in [4.78, 5) is 11.5. The number of carbonyl (C=O) groups excluding carboxylic acids is 1. The van der Waals surface area contributed by atoms with Gasteiger partial charge in [0.1, 0.15) is 56.2 Å². The molecule has 0 spiro atoms. The summed E-state index contributed by atoms with van der Waals surface area (Å²) in [6, 6.07) is -1.54. The van der Waals surface area contributed by atoms with Crippen LogP contribution in [0.4, 0.5) is 0 Å². The van der Waals surface area contributed by atoms with Crippen LogP contribution in [0, 0.1) is 5.92 Å². The Morgan fingerprint density at radius 3 is 2.72 bits per heavy atom. The van der Waals surface area contributed by atoms with Gasteiger partial charge < -0.3 is 44.3 Å². The predicted molar refractivity (Wildman–Crippen MR) is 163 cm³/mol. The van der Waals surface area contributed by atoms with Crippen molar-refractivity contribution in [3.63, 3.8) is 0 Å². The first kappa shape index (κ1) is 36.4. The Labute approximate surface area is 275 Å². The van der Waals surface area contributed by atoms with Crippen LogP contribution in [0.25, 0.3) is 0 Å². The van der Waals surface area contributed by atoms with Gasteiger partial charge in [-0.05, 0) is 0 Å². The fourth-order valence-electron chi connectivity index (χ4n) is 5.29. The molecule has 12 atom stereocenters. The van der Waals surface area contributed by atoms with E-state index in [2.05, 4.69) is 15.6 Å².